The number of thiophene rings is 1. The van der Waals surface area contributed by atoms with Crippen LogP contribution in [-0.2, 0) is 4.74 Å². The smallest absolute Gasteiger partial charge is 0.408 e. The van der Waals surface area contributed by atoms with Gasteiger partial charge in [0.1, 0.15) is 5.60 Å². The van der Waals surface area contributed by atoms with Crippen molar-refractivity contribution in [2.45, 2.75) is 26.4 Å². The molecule has 0 bridgehead atoms. The predicted octanol–water partition coefficient (Wildman–Crippen LogP) is 2.44. The summed E-state index contributed by atoms with van der Waals surface area (Å²) in [5.41, 5.74) is 0.261. The van der Waals surface area contributed by atoms with E-state index in [-0.39, 0.29) is 6.54 Å². The number of nitrogens with one attached hydrogen (secondary N) is 1. The lowest BCUT2D eigenvalue weighted by Gasteiger charge is -2.18. The summed E-state index contributed by atoms with van der Waals surface area (Å²) in [6.07, 6.45) is 0.296. The van der Waals surface area contributed by atoms with Gasteiger partial charge in [-0.2, -0.15) is 0 Å². The lowest BCUT2D eigenvalue weighted by molar-refractivity contribution is 0.0535. The number of amides is 1. The standard InChI is InChI=1S/C13H15NO3S/c1-13(2,3)17-12(16)14-6-4-5-10-7-11(8-15)18-9-10/h7-9H,6H2,1-3H3,(H,14,16). The first-order valence-corrected chi connectivity index (χ1v) is 6.28. The molecule has 0 atom stereocenters. The molecule has 0 aliphatic heterocycles. The van der Waals surface area contributed by atoms with Crippen molar-refractivity contribution in [1.29, 1.82) is 0 Å². The van der Waals surface area contributed by atoms with Crippen LogP contribution in [0, 0.1) is 11.8 Å². The maximum atomic E-state index is 11.3. The zero-order valence-electron chi connectivity index (χ0n) is 10.6. The van der Waals surface area contributed by atoms with Gasteiger partial charge in [-0.25, -0.2) is 4.79 Å². The fraction of sp³-hybridized carbons (Fsp3) is 0.385. The van der Waals surface area contributed by atoms with Crippen molar-refractivity contribution in [3.05, 3.63) is 21.9 Å². The fourth-order valence-electron chi connectivity index (χ4n) is 1.06. The van der Waals surface area contributed by atoms with Crippen LogP contribution in [-0.4, -0.2) is 24.5 Å². The second-order valence-corrected chi connectivity index (χ2v) is 5.46. The average Bonchev–Trinajstić information content (AvgIpc) is 2.70. The molecule has 0 aliphatic rings. The van der Waals surface area contributed by atoms with E-state index in [4.69, 9.17) is 4.74 Å². The summed E-state index contributed by atoms with van der Waals surface area (Å²) in [5, 5.41) is 4.33. The number of ether oxygens (including phenoxy) is 1. The number of aldehydes is 1. The molecule has 0 saturated heterocycles. The molecule has 1 rings (SSSR count). The molecule has 0 aromatic carbocycles. The van der Waals surface area contributed by atoms with Crippen LogP contribution in [0.15, 0.2) is 11.4 Å². The zero-order chi connectivity index (χ0) is 13.6. The van der Waals surface area contributed by atoms with Gasteiger partial charge in [-0.15, -0.1) is 11.3 Å². The molecule has 1 aromatic heterocycles. The van der Waals surface area contributed by atoms with Gasteiger partial charge in [0.2, 0.25) is 0 Å². The summed E-state index contributed by atoms with van der Waals surface area (Å²) >= 11 is 1.34. The van der Waals surface area contributed by atoms with E-state index in [1.807, 2.05) is 0 Å². The summed E-state index contributed by atoms with van der Waals surface area (Å²) in [6.45, 7) is 5.60. The third-order valence-corrected chi connectivity index (χ3v) is 2.55. The SMILES string of the molecule is CC(C)(C)OC(=O)NCC#Cc1csc(C=O)c1. The zero-order valence-corrected chi connectivity index (χ0v) is 11.4. The van der Waals surface area contributed by atoms with Gasteiger partial charge < -0.3 is 10.1 Å². The van der Waals surface area contributed by atoms with Gasteiger partial charge in [0.15, 0.2) is 6.29 Å². The van der Waals surface area contributed by atoms with Crippen molar-refractivity contribution < 1.29 is 14.3 Å². The van der Waals surface area contributed by atoms with E-state index < -0.39 is 11.7 Å². The molecule has 1 amide bonds. The molecule has 96 valence electrons. The molecular weight excluding hydrogens is 250 g/mol. The van der Waals surface area contributed by atoms with Crippen LogP contribution >= 0.6 is 11.3 Å². The van der Waals surface area contributed by atoms with E-state index in [0.29, 0.717) is 4.88 Å². The van der Waals surface area contributed by atoms with Crippen LogP contribution in [0.1, 0.15) is 36.0 Å². The van der Waals surface area contributed by atoms with Crippen molar-refractivity contribution in [1.82, 2.24) is 5.32 Å². The maximum Gasteiger partial charge on any atom is 0.408 e. The topological polar surface area (TPSA) is 55.4 Å². The first-order valence-electron chi connectivity index (χ1n) is 5.40. The van der Waals surface area contributed by atoms with Crippen molar-refractivity contribution in [3.63, 3.8) is 0 Å². The third-order valence-electron chi connectivity index (χ3n) is 1.69. The first kappa shape index (κ1) is 14.3. The number of hydrogen-bond acceptors (Lipinski definition) is 4. The van der Waals surface area contributed by atoms with E-state index in [0.717, 1.165) is 11.8 Å². The monoisotopic (exact) mass is 265 g/mol. The van der Waals surface area contributed by atoms with Gasteiger partial charge >= 0.3 is 6.09 Å². The Morgan fingerprint density at radius 3 is 2.83 bits per heavy atom. The highest BCUT2D eigenvalue weighted by molar-refractivity contribution is 7.11. The second-order valence-electron chi connectivity index (χ2n) is 4.51. The fourth-order valence-corrected chi connectivity index (χ4v) is 1.70. The predicted molar refractivity (Wildman–Crippen MR) is 70.8 cm³/mol. The Balaban J connectivity index is 2.38. The highest BCUT2D eigenvalue weighted by Crippen LogP contribution is 2.10. The molecule has 0 saturated carbocycles. The third kappa shape index (κ3) is 5.51. The van der Waals surface area contributed by atoms with Gasteiger partial charge in [-0.05, 0) is 26.8 Å². The number of carbonyl (C=O) groups excluding carboxylic acids is 2. The molecule has 0 spiro atoms. The first-order chi connectivity index (χ1) is 8.40. The van der Waals surface area contributed by atoms with Crippen molar-refractivity contribution in [2.24, 2.45) is 0 Å². The second kappa shape index (κ2) is 6.22. The lowest BCUT2D eigenvalue weighted by Crippen LogP contribution is -2.32. The average molecular weight is 265 g/mol. The number of hydrogen-bond donors (Lipinski definition) is 1. The van der Waals surface area contributed by atoms with Gasteiger partial charge in [-0.3, -0.25) is 4.79 Å². The molecule has 18 heavy (non-hydrogen) atoms. The van der Waals surface area contributed by atoms with Crippen molar-refractivity contribution in [3.8, 4) is 11.8 Å². The highest BCUT2D eigenvalue weighted by Gasteiger charge is 2.14. The van der Waals surface area contributed by atoms with E-state index in [1.165, 1.54) is 11.3 Å². The number of alkyl carbamates (subject to hydrolysis) is 1. The van der Waals surface area contributed by atoms with Gasteiger partial charge in [0, 0.05) is 10.9 Å². The molecule has 1 N–H and O–H groups in total. The van der Waals surface area contributed by atoms with Crippen LogP contribution in [0.4, 0.5) is 4.79 Å². The Labute approximate surface area is 110 Å². The summed E-state index contributed by atoms with van der Waals surface area (Å²) in [7, 11) is 0. The minimum absolute atomic E-state index is 0.210. The van der Waals surface area contributed by atoms with E-state index in [9.17, 15) is 9.59 Å². The normalized spacial score (nSPS) is 10.2. The van der Waals surface area contributed by atoms with Crippen LogP contribution in [0.3, 0.4) is 0 Å². The Morgan fingerprint density at radius 2 is 2.28 bits per heavy atom. The molecule has 0 radical (unpaired) electrons. The molecule has 1 aromatic rings. The minimum Gasteiger partial charge on any atom is -0.444 e. The van der Waals surface area contributed by atoms with Crippen LogP contribution < -0.4 is 5.32 Å². The summed E-state index contributed by atoms with van der Waals surface area (Å²) in [6, 6.07) is 1.71. The maximum absolute atomic E-state index is 11.3. The van der Waals surface area contributed by atoms with E-state index in [2.05, 4.69) is 17.2 Å². The molecule has 5 heteroatoms. The Bertz CT molecular complexity index is 488. The molecule has 0 fully saturated rings. The lowest BCUT2D eigenvalue weighted by atomic mass is 10.2. The Morgan fingerprint density at radius 1 is 1.56 bits per heavy atom. The van der Waals surface area contributed by atoms with Gasteiger partial charge in [0.25, 0.3) is 0 Å². The molecule has 1 heterocycles. The number of rotatable bonds is 2. The largest absolute Gasteiger partial charge is 0.444 e. The summed E-state index contributed by atoms with van der Waals surface area (Å²) in [5.74, 6) is 5.63. The van der Waals surface area contributed by atoms with Crippen molar-refractivity contribution >= 4 is 23.7 Å². The van der Waals surface area contributed by atoms with Crippen LogP contribution in [0.5, 0.6) is 0 Å². The van der Waals surface area contributed by atoms with E-state index in [1.54, 1.807) is 32.2 Å². The quantitative estimate of drug-likeness (QED) is 0.660. The highest BCUT2D eigenvalue weighted by atomic mass is 32.1. The summed E-state index contributed by atoms with van der Waals surface area (Å²) in [4.78, 5) is 22.4. The summed E-state index contributed by atoms with van der Waals surface area (Å²) < 4.78 is 5.05. The van der Waals surface area contributed by atoms with Crippen LogP contribution in [0.25, 0.3) is 0 Å². The van der Waals surface area contributed by atoms with Gasteiger partial charge in [0.05, 0.1) is 11.4 Å². The Hall–Kier alpha value is -1.80. The van der Waals surface area contributed by atoms with Crippen molar-refractivity contribution in [2.75, 3.05) is 6.54 Å². The van der Waals surface area contributed by atoms with Crippen LogP contribution in [0.2, 0.25) is 0 Å². The molecular formula is C13H15NO3S. The molecule has 0 aliphatic carbocycles. The number of carbonyl (C=O) groups is 2. The van der Waals surface area contributed by atoms with E-state index >= 15 is 0 Å². The Kier molecular flexibility index (Phi) is 4.93. The molecule has 0 unspecified atom stereocenters. The van der Waals surface area contributed by atoms with Gasteiger partial charge in [-0.1, -0.05) is 11.8 Å². The molecule has 4 nitrogen and oxygen atoms in total. The minimum atomic E-state index is -0.510.